The number of aromatic nitrogens is 1. The highest BCUT2D eigenvalue weighted by Gasteiger charge is 2.12. The van der Waals surface area contributed by atoms with Crippen LogP contribution in [0.5, 0.6) is 0 Å². The predicted octanol–water partition coefficient (Wildman–Crippen LogP) is 1.61. The van der Waals surface area contributed by atoms with Crippen molar-refractivity contribution in [1.29, 1.82) is 0 Å². The zero-order valence-electron chi connectivity index (χ0n) is 9.44. The summed E-state index contributed by atoms with van der Waals surface area (Å²) in [6.07, 6.45) is 2.89. The first kappa shape index (κ1) is 13.9. The fourth-order valence-corrected chi connectivity index (χ4v) is 2.30. The Bertz CT molecular complexity index is 453. The van der Waals surface area contributed by atoms with Crippen molar-refractivity contribution in [2.24, 2.45) is 0 Å². The molecule has 1 rings (SSSR count). The maximum atomic E-state index is 11.0. The minimum Gasteiger partial charge on any atom is -0.478 e. The van der Waals surface area contributed by atoms with Crippen molar-refractivity contribution in [2.75, 3.05) is 17.3 Å². The predicted molar refractivity (Wildman–Crippen MR) is 68.2 cm³/mol. The first-order chi connectivity index (χ1) is 7.90. The summed E-state index contributed by atoms with van der Waals surface area (Å²) in [5.41, 5.74) is -0.00557. The van der Waals surface area contributed by atoms with Crippen molar-refractivity contribution < 1.29 is 14.1 Å². The van der Waals surface area contributed by atoms with E-state index in [0.29, 0.717) is 11.6 Å². The first-order valence-electron chi connectivity index (χ1n) is 4.85. The number of hydrogen-bond donors (Lipinski definition) is 2. The van der Waals surface area contributed by atoms with Crippen LogP contribution in [0.25, 0.3) is 0 Å². The Morgan fingerprint density at radius 2 is 2.35 bits per heavy atom. The summed E-state index contributed by atoms with van der Waals surface area (Å²) in [7, 11) is -0.921. The summed E-state index contributed by atoms with van der Waals surface area (Å²) in [5, 5.41) is 11.9. The zero-order chi connectivity index (χ0) is 13.0. The average molecular weight is 277 g/mol. The molecule has 7 heteroatoms. The molecule has 0 saturated carbocycles. The van der Waals surface area contributed by atoms with Gasteiger partial charge < -0.3 is 10.4 Å². The lowest BCUT2D eigenvalue weighted by atomic mass is 10.2. The highest BCUT2D eigenvalue weighted by molar-refractivity contribution is 7.84. The minimum absolute atomic E-state index is 0.00557. The molecule has 2 unspecified atom stereocenters. The molecule has 0 fully saturated rings. The molecule has 0 aliphatic rings. The molecule has 0 aromatic carbocycles. The normalized spacial score (nSPS) is 14.1. The summed E-state index contributed by atoms with van der Waals surface area (Å²) in [6, 6.07) is 1.30. The van der Waals surface area contributed by atoms with E-state index in [1.807, 2.05) is 6.92 Å². The summed E-state index contributed by atoms with van der Waals surface area (Å²) >= 11 is 5.69. The molecular weight excluding hydrogens is 264 g/mol. The monoisotopic (exact) mass is 276 g/mol. The van der Waals surface area contributed by atoms with E-state index in [9.17, 15) is 9.00 Å². The molecule has 0 bridgehead atoms. The Kier molecular flexibility index (Phi) is 4.89. The summed E-state index contributed by atoms with van der Waals surface area (Å²) in [6.45, 7) is 1.85. The van der Waals surface area contributed by atoms with Gasteiger partial charge in [-0.25, -0.2) is 9.78 Å². The third-order valence-electron chi connectivity index (χ3n) is 1.96. The van der Waals surface area contributed by atoms with Gasteiger partial charge in [0.15, 0.2) is 0 Å². The fraction of sp³-hybridized carbons (Fsp3) is 0.400. The van der Waals surface area contributed by atoms with Crippen molar-refractivity contribution in [1.82, 2.24) is 4.98 Å². The molecule has 0 aliphatic heterocycles. The molecule has 0 radical (unpaired) electrons. The Morgan fingerprint density at radius 1 is 1.71 bits per heavy atom. The number of nitrogens with zero attached hydrogens (tertiary/aromatic N) is 1. The quantitative estimate of drug-likeness (QED) is 0.854. The second-order valence-corrected chi connectivity index (χ2v) is 5.53. The van der Waals surface area contributed by atoms with Crippen LogP contribution < -0.4 is 5.32 Å². The van der Waals surface area contributed by atoms with Gasteiger partial charge in [-0.15, -0.1) is 0 Å². The van der Waals surface area contributed by atoms with Crippen LogP contribution in [0.2, 0.25) is 5.02 Å². The average Bonchev–Trinajstić information content (AvgIpc) is 2.19. The highest BCUT2D eigenvalue weighted by Crippen LogP contribution is 2.18. The number of halogens is 1. The van der Waals surface area contributed by atoms with Gasteiger partial charge in [0.05, 0.1) is 10.6 Å². The van der Waals surface area contributed by atoms with Gasteiger partial charge in [-0.2, -0.15) is 0 Å². The minimum atomic E-state index is -1.10. The zero-order valence-corrected chi connectivity index (χ0v) is 11.0. The summed E-state index contributed by atoms with van der Waals surface area (Å²) in [4.78, 5) is 14.8. The number of rotatable bonds is 5. The fourth-order valence-electron chi connectivity index (χ4n) is 1.33. The van der Waals surface area contributed by atoms with Gasteiger partial charge in [0, 0.05) is 35.0 Å². The van der Waals surface area contributed by atoms with E-state index in [4.69, 9.17) is 16.7 Å². The second-order valence-electron chi connectivity index (χ2n) is 3.64. The number of nitrogens with one attached hydrogen (secondary N) is 1. The number of anilines is 1. The van der Waals surface area contributed by atoms with Crippen LogP contribution >= 0.6 is 11.6 Å². The van der Waals surface area contributed by atoms with Gasteiger partial charge in [0.25, 0.3) is 0 Å². The maximum Gasteiger partial charge on any atom is 0.337 e. The Morgan fingerprint density at radius 3 is 2.88 bits per heavy atom. The molecule has 0 spiro atoms. The molecule has 1 aromatic rings. The smallest absolute Gasteiger partial charge is 0.337 e. The van der Waals surface area contributed by atoms with Crippen LogP contribution in [0, 0.1) is 0 Å². The number of pyridine rings is 1. The van der Waals surface area contributed by atoms with Crippen LogP contribution in [-0.4, -0.2) is 38.3 Å². The summed E-state index contributed by atoms with van der Waals surface area (Å²) in [5.74, 6) is -0.232. The maximum absolute atomic E-state index is 11.0. The van der Waals surface area contributed by atoms with Gasteiger partial charge in [0.2, 0.25) is 0 Å². The van der Waals surface area contributed by atoms with Crippen LogP contribution in [-0.2, 0) is 10.8 Å². The van der Waals surface area contributed by atoms with Gasteiger partial charge >= 0.3 is 5.97 Å². The molecule has 2 atom stereocenters. The van der Waals surface area contributed by atoms with Crippen molar-refractivity contribution in [3.05, 3.63) is 22.8 Å². The van der Waals surface area contributed by atoms with Crippen molar-refractivity contribution in [3.8, 4) is 0 Å². The lowest BCUT2D eigenvalue weighted by Crippen LogP contribution is -2.23. The van der Waals surface area contributed by atoms with Crippen LogP contribution in [0.15, 0.2) is 12.3 Å². The molecule has 1 heterocycles. The lowest BCUT2D eigenvalue weighted by molar-refractivity contribution is 0.0697. The van der Waals surface area contributed by atoms with Crippen molar-refractivity contribution in [3.63, 3.8) is 0 Å². The Balaban J connectivity index is 2.82. The van der Waals surface area contributed by atoms with E-state index in [1.165, 1.54) is 12.3 Å². The molecule has 0 amide bonds. The van der Waals surface area contributed by atoms with Gasteiger partial charge in [-0.3, -0.25) is 4.21 Å². The van der Waals surface area contributed by atoms with Crippen LogP contribution in [0.4, 0.5) is 5.82 Å². The lowest BCUT2D eigenvalue weighted by Gasteiger charge is -2.13. The van der Waals surface area contributed by atoms with Gasteiger partial charge in [0.1, 0.15) is 5.82 Å². The summed E-state index contributed by atoms with van der Waals surface area (Å²) < 4.78 is 11.0. The van der Waals surface area contributed by atoms with E-state index >= 15 is 0 Å². The van der Waals surface area contributed by atoms with Gasteiger partial charge in [-0.1, -0.05) is 11.6 Å². The third kappa shape index (κ3) is 4.32. The van der Waals surface area contributed by atoms with E-state index < -0.39 is 16.8 Å². The molecule has 94 valence electrons. The molecule has 1 aromatic heterocycles. The Hall–Kier alpha value is -1.14. The van der Waals surface area contributed by atoms with Crippen LogP contribution in [0.1, 0.15) is 17.3 Å². The van der Waals surface area contributed by atoms with Gasteiger partial charge in [-0.05, 0) is 13.0 Å². The number of aromatic carboxylic acids is 1. The molecule has 17 heavy (non-hydrogen) atoms. The van der Waals surface area contributed by atoms with Crippen molar-refractivity contribution >= 4 is 34.2 Å². The van der Waals surface area contributed by atoms with E-state index in [1.54, 1.807) is 6.26 Å². The standard InChI is InChI=1S/C10H13ClN2O3S/c1-6(5-17(2)16)13-9-3-7(10(14)15)8(11)4-12-9/h3-4,6H,5H2,1-2H3,(H,12,13)(H,14,15). The van der Waals surface area contributed by atoms with Crippen LogP contribution in [0.3, 0.4) is 0 Å². The number of carboxylic acids is 1. The van der Waals surface area contributed by atoms with E-state index in [-0.39, 0.29) is 16.6 Å². The molecule has 5 nitrogen and oxygen atoms in total. The third-order valence-corrected chi connectivity index (χ3v) is 3.24. The van der Waals surface area contributed by atoms with E-state index in [0.717, 1.165) is 0 Å². The second kappa shape index (κ2) is 5.97. The van der Waals surface area contributed by atoms with Crippen molar-refractivity contribution in [2.45, 2.75) is 13.0 Å². The number of carbonyl (C=O) groups is 1. The molecule has 0 saturated heterocycles. The number of hydrogen-bond acceptors (Lipinski definition) is 4. The first-order valence-corrected chi connectivity index (χ1v) is 6.96. The SMILES string of the molecule is CC(CS(C)=O)Nc1cc(C(=O)O)c(Cl)cn1. The number of carboxylic acid groups (broad SMARTS) is 1. The topological polar surface area (TPSA) is 79.3 Å². The molecule has 0 aliphatic carbocycles. The molecular formula is C10H13ClN2O3S. The largest absolute Gasteiger partial charge is 0.478 e. The van der Waals surface area contributed by atoms with E-state index in [2.05, 4.69) is 10.3 Å². The highest BCUT2D eigenvalue weighted by atomic mass is 35.5. The Labute approximate surface area is 107 Å². The molecule has 2 N–H and O–H groups in total.